The lowest BCUT2D eigenvalue weighted by Crippen LogP contribution is -2.50. The Labute approximate surface area is 269 Å². The second-order valence-corrected chi connectivity index (χ2v) is 12.5. The molecule has 0 N–H and O–H groups in total. The Morgan fingerprint density at radius 2 is 0.909 bits per heavy atom. The standard InChI is InChI=1S/C30H18Cl4N4O6/c31-15-7-5-13(11-17(15)33)35-27(39)21-23(19-3-1-9-43-19)37-26-22(24(20-4-2-10-44-20)38(37)25(21)29(35)41)28(40)36(30(26)42)14-6-8-16(32)18(34)12-14/h1-12,21-26H/t21-,22-,23-,24+,25+,26+/m0/s1. The Bertz CT molecular complexity index is 1750. The number of halogens is 4. The lowest BCUT2D eigenvalue weighted by molar-refractivity contribution is -0.136. The number of imide groups is 2. The molecule has 6 atom stereocenters. The van der Waals surface area contributed by atoms with Crippen molar-refractivity contribution >= 4 is 81.4 Å². The maximum absolute atomic E-state index is 14.3. The normalized spacial score (nSPS) is 28.4. The number of carbonyl (C=O) groups excluding carboxylic acids is 4. The van der Waals surface area contributed by atoms with E-state index in [4.69, 9.17) is 55.2 Å². The van der Waals surface area contributed by atoms with Gasteiger partial charge in [0.25, 0.3) is 11.8 Å². The molecule has 4 aromatic rings. The van der Waals surface area contributed by atoms with Gasteiger partial charge in [-0.05, 0) is 60.7 Å². The van der Waals surface area contributed by atoms with Crippen LogP contribution in [-0.4, -0.2) is 45.7 Å². The molecule has 4 aliphatic rings. The molecular formula is C30H18Cl4N4O6. The van der Waals surface area contributed by atoms with Crippen LogP contribution in [0.3, 0.4) is 0 Å². The molecule has 0 radical (unpaired) electrons. The monoisotopic (exact) mass is 670 g/mol. The molecule has 4 amide bonds. The smallest absolute Gasteiger partial charge is 0.253 e. The molecule has 0 aliphatic carbocycles. The fourth-order valence-electron chi connectivity index (χ4n) is 7.07. The molecule has 222 valence electrons. The topological polar surface area (TPSA) is 108 Å². The number of furan rings is 2. The minimum absolute atomic E-state index is 0.175. The van der Waals surface area contributed by atoms with E-state index in [-0.39, 0.29) is 31.5 Å². The summed E-state index contributed by atoms with van der Waals surface area (Å²) in [6, 6.07) is 11.7. The Kier molecular flexibility index (Phi) is 6.29. The maximum Gasteiger partial charge on any atom is 0.253 e. The SMILES string of the molecule is O=C1[C@@H]2[C@H](C(=O)N1c1ccc(Cl)c(Cl)c1)N1[C@H](c3ccco3)[C@@H]3C(=O)N(c4ccc(Cl)c(Cl)c4)C(=O)[C@@H]3N1[C@H]2c1ccco1. The van der Waals surface area contributed by atoms with Crippen molar-refractivity contribution in [3.8, 4) is 0 Å². The molecule has 14 heteroatoms. The van der Waals surface area contributed by atoms with Crippen molar-refractivity contribution in [1.29, 1.82) is 0 Å². The molecule has 8 rings (SSSR count). The molecule has 44 heavy (non-hydrogen) atoms. The first kappa shape index (κ1) is 27.9. The van der Waals surface area contributed by atoms with Crippen LogP contribution >= 0.6 is 46.4 Å². The minimum Gasteiger partial charge on any atom is -0.468 e. The summed E-state index contributed by atoms with van der Waals surface area (Å²) in [5.74, 6) is -3.40. The molecule has 0 unspecified atom stereocenters. The third-order valence-corrected chi connectivity index (χ3v) is 10.2. The number of hydrazine groups is 1. The second-order valence-electron chi connectivity index (χ2n) is 10.8. The van der Waals surface area contributed by atoms with Crippen LogP contribution < -0.4 is 9.80 Å². The van der Waals surface area contributed by atoms with E-state index in [2.05, 4.69) is 0 Å². The van der Waals surface area contributed by atoms with Gasteiger partial charge in [-0.2, -0.15) is 0 Å². The summed E-state index contributed by atoms with van der Waals surface area (Å²) in [5.41, 5.74) is 0.501. The van der Waals surface area contributed by atoms with E-state index in [1.165, 1.54) is 48.9 Å². The summed E-state index contributed by atoms with van der Waals surface area (Å²) < 4.78 is 11.6. The van der Waals surface area contributed by atoms with E-state index in [9.17, 15) is 19.2 Å². The molecule has 0 bridgehead atoms. The number of benzene rings is 2. The van der Waals surface area contributed by atoms with Crippen LogP contribution in [0.5, 0.6) is 0 Å². The molecule has 6 heterocycles. The lowest BCUT2D eigenvalue weighted by Gasteiger charge is -2.34. The van der Waals surface area contributed by atoms with E-state index < -0.39 is 59.6 Å². The highest BCUT2D eigenvalue weighted by Crippen LogP contribution is 2.60. The van der Waals surface area contributed by atoms with E-state index >= 15 is 0 Å². The number of hydrogen-bond acceptors (Lipinski definition) is 8. The summed E-state index contributed by atoms with van der Waals surface area (Å²) in [4.78, 5) is 59.2. The predicted octanol–water partition coefficient (Wildman–Crippen LogP) is 5.93. The fraction of sp³-hybridized carbons (Fsp3) is 0.200. The predicted molar refractivity (Wildman–Crippen MR) is 159 cm³/mol. The van der Waals surface area contributed by atoms with Crippen molar-refractivity contribution in [3.63, 3.8) is 0 Å². The molecule has 10 nitrogen and oxygen atoms in total. The van der Waals surface area contributed by atoms with Gasteiger partial charge >= 0.3 is 0 Å². The largest absolute Gasteiger partial charge is 0.468 e. The Balaban J connectivity index is 1.30. The third kappa shape index (κ3) is 3.70. The molecule has 0 saturated carbocycles. The molecule has 2 aromatic heterocycles. The van der Waals surface area contributed by atoms with Gasteiger partial charge in [-0.3, -0.25) is 19.2 Å². The van der Waals surface area contributed by atoms with Crippen LogP contribution in [0.1, 0.15) is 23.6 Å². The van der Waals surface area contributed by atoms with Crippen molar-refractivity contribution in [2.45, 2.75) is 24.2 Å². The Hall–Kier alpha value is -3.64. The molecule has 0 spiro atoms. The zero-order chi connectivity index (χ0) is 30.6. The van der Waals surface area contributed by atoms with Crippen molar-refractivity contribution in [2.24, 2.45) is 11.8 Å². The first-order valence-corrected chi connectivity index (χ1v) is 15.0. The summed E-state index contributed by atoms with van der Waals surface area (Å²) >= 11 is 24.7. The van der Waals surface area contributed by atoms with Crippen LogP contribution in [-0.2, 0) is 19.2 Å². The van der Waals surface area contributed by atoms with Crippen molar-refractivity contribution < 1.29 is 28.0 Å². The lowest BCUT2D eigenvalue weighted by atomic mass is 9.87. The zero-order valence-electron chi connectivity index (χ0n) is 22.1. The van der Waals surface area contributed by atoms with Crippen molar-refractivity contribution in [2.75, 3.05) is 9.80 Å². The number of nitrogens with zero attached hydrogens (tertiary/aromatic N) is 4. The molecule has 2 aromatic carbocycles. The van der Waals surface area contributed by atoms with Crippen LogP contribution in [0.4, 0.5) is 11.4 Å². The summed E-state index contributed by atoms with van der Waals surface area (Å²) in [6.45, 7) is 0. The van der Waals surface area contributed by atoms with Gasteiger partial charge in [-0.1, -0.05) is 46.4 Å². The van der Waals surface area contributed by atoms with E-state index in [1.807, 2.05) is 0 Å². The van der Waals surface area contributed by atoms with Crippen LogP contribution in [0, 0.1) is 11.8 Å². The van der Waals surface area contributed by atoms with Gasteiger partial charge in [-0.15, -0.1) is 0 Å². The first-order valence-electron chi connectivity index (χ1n) is 13.5. The van der Waals surface area contributed by atoms with Crippen LogP contribution in [0.25, 0.3) is 0 Å². The number of rotatable bonds is 4. The quantitative estimate of drug-likeness (QED) is 0.246. The summed E-state index contributed by atoms with van der Waals surface area (Å²) in [6.07, 6.45) is 2.90. The fourth-order valence-corrected chi connectivity index (χ4v) is 7.65. The van der Waals surface area contributed by atoms with Crippen LogP contribution in [0.15, 0.2) is 82.0 Å². The minimum atomic E-state index is -1.09. The number of hydrogen-bond donors (Lipinski definition) is 0. The van der Waals surface area contributed by atoms with Gasteiger partial charge in [0.05, 0.1) is 67.9 Å². The summed E-state index contributed by atoms with van der Waals surface area (Å²) in [7, 11) is 0. The highest BCUT2D eigenvalue weighted by molar-refractivity contribution is 6.43. The molecular weight excluding hydrogens is 654 g/mol. The highest BCUT2D eigenvalue weighted by atomic mass is 35.5. The van der Waals surface area contributed by atoms with E-state index in [1.54, 1.807) is 34.3 Å². The van der Waals surface area contributed by atoms with Crippen molar-refractivity contribution in [1.82, 2.24) is 10.0 Å². The van der Waals surface area contributed by atoms with Gasteiger partial charge in [0.2, 0.25) is 11.8 Å². The Morgan fingerprint density at radius 3 is 1.25 bits per heavy atom. The van der Waals surface area contributed by atoms with E-state index in [0.717, 1.165) is 9.80 Å². The third-order valence-electron chi connectivity index (χ3n) is 8.72. The van der Waals surface area contributed by atoms with Gasteiger partial charge in [0, 0.05) is 0 Å². The summed E-state index contributed by atoms with van der Waals surface area (Å²) in [5, 5.41) is 4.20. The first-order chi connectivity index (χ1) is 21.2. The average molecular weight is 672 g/mol. The molecule has 4 saturated heterocycles. The molecule has 4 fully saturated rings. The van der Waals surface area contributed by atoms with Gasteiger partial charge in [-0.25, -0.2) is 19.8 Å². The van der Waals surface area contributed by atoms with E-state index in [0.29, 0.717) is 11.5 Å². The highest BCUT2D eigenvalue weighted by Gasteiger charge is 2.74. The number of amides is 4. The number of anilines is 2. The van der Waals surface area contributed by atoms with Crippen molar-refractivity contribution in [3.05, 3.63) is 105 Å². The zero-order valence-corrected chi connectivity index (χ0v) is 25.2. The van der Waals surface area contributed by atoms with Gasteiger partial charge in [0.15, 0.2) is 0 Å². The average Bonchev–Trinajstić information content (AvgIpc) is 3.82. The number of fused-ring (bicyclic) bond motifs is 5. The van der Waals surface area contributed by atoms with Crippen LogP contribution in [0.2, 0.25) is 20.1 Å². The Morgan fingerprint density at radius 1 is 0.500 bits per heavy atom. The van der Waals surface area contributed by atoms with Gasteiger partial charge < -0.3 is 8.83 Å². The molecule has 4 aliphatic heterocycles. The maximum atomic E-state index is 14.3. The number of carbonyl (C=O) groups is 4. The van der Waals surface area contributed by atoms with Gasteiger partial charge in [0.1, 0.15) is 23.6 Å². The second kappa shape index (κ2) is 9.93.